The molecule has 1 aliphatic heterocycles. The summed E-state index contributed by atoms with van der Waals surface area (Å²) in [7, 11) is 0. The molecule has 0 saturated heterocycles. The van der Waals surface area contributed by atoms with Crippen molar-refractivity contribution < 1.29 is 0 Å². The summed E-state index contributed by atoms with van der Waals surface area (Å²) in [6, 6.07) is 34.2. The number of aromatic amines is 2. The topological polar surface area (TPSA) is 98.6 Å². The number of fused-ring (bicyclic) bond motifs is 3. The van der Waals surface area contributed by atoms with E-state index in [0.29, 0.717) is 11.0 Å². The summed E-state index contributed by atoms with van der Waals surface area (Å²) >= 11 is 0. The van der Waals surface area contributed by atoms with Gasteiger partial charge in [0.05, 0.1) is 29.2 Å². The third-order valence-electron chi connectivity index (χ3n) is 7.47. The maximum absolute atomic E-state index is 13.1. The minimum atomic E-state index is -0.594. The second-order valence-electron chi connectivity index (χ2n) is 10.2. The van der Waals surface area contributed by atoms with E-state index in [-0.39, 0.29) is 6.04 Å². The first-order valence-corrected chi connectivity index (χ1v) is 13.4. The van der Waals surface area contributed by atoms with Crippen LogP contribution in [-0.2, 0) is 0 Å². The third kappa shape index (κ3) is 4.45. The van der Waals surface area contributed by atoms with E-state index >= 15 is 0 Å². The maximum Gasteiger partial charge on any atom is 0.350 e. The molecule has 8 nitrogen and oxygen atoms in total. The average Bonchev–Trinajstić information content (AvgIpc) is 3.61. The van der Waals surface area contributed by atoms with Crippen molar-refractivity contribution in [3.8, 4) is 0 Å². The van der Waals surface area contributed by atoms with E-state index in [1.165, 1.54) is 11.8 Å². The highest BCUT2D eigenvalue weighted by Gasteiger charge is 2.29. The van der Waals surface area contributed by atoms with Crippen molar-refractivity contribution in [2.24, 2.45) is 10.2 Å². The summed E-state index contributed by atoms with van der Waals surface area (Å²) in [4.78, 5) is 31.9. The number of benzene rings is 4. The summed E-state index contributed by atoms with van der Waals surface area (Å²) in [5.74, 6) is 0. The Morgan fingerprint density at radius 1 is 0.854 bits per heavy atom. The van der Waals surface area contributed by atoms with Crippen LogP contribution in [0, 0.1) is 6.92 Å². The molecular formula is C33H26N6O2. The lowest BCUT2D eigenvalue weighted by Crippen LogP contribution is -2.32. The number of H-pyrrole nitrogens is 2. The molecule has 3 heterocycles. The lowest BCUT2D eigenvalue weighted by atomic mass is 9.98. The largest absolute Gasteiger partial charge is 0.350 e. The molecule has 8 heteroatoms. The lowest BCUT2D eigenvalue weighted by Gasteiger charge is -2.24. The summed E-state index contributed by atoms with van der Waals surface area (Å²) in [6.07, 6.45) is 2.30. The Morgan fingerprint density at radius 3 is 2.34 bits per heavy atom. The number of nitrogens with zero attached hydrogens (tertiary/aromatic N) is 4. The molecule has 0 saturated carbocycles. The standard InChI is InChI=1S/C33H26N6O2/c1-21-12-17-27-26(18-21)30-31(35-27)32(40)39(33(41)36-30)34-20-22-13-15-25(16-14-22)38-29(24-10-6-3-7-11-24)19-28(37-38)23-8-4-2-5-9-23/h2-18,20,29,35H,19H2,1H3,(H,36,41). The summed E-state index contributed by atoms with van der Waals surface area (Å²) in [5.41, 5.74) is 6.54. The first-order valence-electron chi connectivity index (χ1n) is 13.4. The second kappa shape index (κ2) is 9.91. The van der Waals surface area contributed by atoms with Gasteiger partial charge in [0.2, 0.25) is 0 Å². The predicted octanol–water partition coefficient (Wildman–Crippen LogP) is 5.72. The molecule has 0 amide bonds. The van der Waals surface area contributed by atoms with Gasteiger partial charge in [-0.3, -0.25) is 9.80 Å². The predicted molar refractivity (Wildman–Crippen MR) is 164 cm³/mol. The van der Waals surface area contributed by atoms with Crippen molar-refractivity contribution >= 4 is 39.5 Å². The van der Waals surface area contributed by atoms with E-state index in [0.717, 1.165) is 50.1 Å². The van der Waals surface area contributed by atoms with Crippen LogP contribution in [0.25, 0.3) is 21.9 Å². The van der Waals surface area contributed by atoms with Crippen LogP contribution in [0.2, 0.25) is 0 Å². The molecule has 0 aliphatic carbocycles. The van der Waals surface area contributed by atoms with Crippen molar-refractivity contribution in [1.82, 2.24) is 14.6 Å². The zero-order valence-corrected chi connectivity index (χ0v) is 22.3. The Labute approximate surface area is 234 Å². The van der Waals surface area contributed by atoms with Gasteiger partial charge in [0.25, 0.3) is 0 Å². The molecule has 2 aromatic heterocycles. The van der Waals surface area contributed by atoms with Gasteiger partial charge >= 0.3 is 11.2 Å². The Morgan fingerprint density at radius 2 is 1.59 bits per heavy atom. The van der Waals surface area contributed by atoms with Gasteiger partial charge in [-0.25, -0.2) is 4.79 Å². The number of hydrazone groups is 1. The van der Waals surface area contributed by atoms with Crippen LogP contribution < -0.4 is 16.3 Å². The van der Waals surface area contributed by atoms with Gasteiger partial charge in [-0.15, -0.1) is 4.68 Å². The second-order valence-corrected chi connectivity index (χ2v) is 10.2. The summed E-state index contributed by atoms with van der Waals surface area (Å²) in [6.45, 7) is 1.97. The monoisotopic (exact) mass is 538 g/mol. The number of aromatic nitrogens is 3. The molecule has 2 N–H and O–H groups in total. The first-order chi connectivity index (χ1) is 20.0. The molecule has 41 heavy (non-hydrogen) atoms. The van der Waals surface area contributed by atoms with Crippen LogP contribution in [0.5, 0.6) is 0 Å². The molecule has 1 atom stereocenters. The van der Waals surface area contributed by atoms with Crippen molar-refractivity contribution in [3.63, 3.8) is 0 Å². The molecular weight excluding hydrogens is 512 g/mol. The van der Waals surface area contributed by atoms with Gasteiger partial charge in [0, 0.05) is 17.3 Å². The first kappa shape index (κ1) is 24.5. The van der Waals surface area contributed by atoms with Gasteiger partial charge in [0.15, 0.2) is 0 Å². The van der Waals surface area contributed by atoms with E-state index in [2.05, 4.69) is 44.3 Å². The fourth-order valence-corrected chi connectivity index (χ4v) is 5.38. The van der Waals surface area contributed by atoms with Crippen molar-refractivity contribution in [3.05, 3.63) is 146 Å². The zero-order chi connectivity index (χ0) is 27.9. The smallest absolute Gasteiger partial charge is 0.349 e. The molecule has 200 valence electrons. The molecule has 0 radical (unpaired) electrons. The maximum atomic E-state index is 13.1. The van der Waals surface area contributed by atoms with E-state index in [1.54, 1.807) is 0 Å². The summed E-state index contributed by atoms with van der Waals surface area (Å²) in [5, 5.41) is 12.1. The molecule has 7 rings (SSSR count). The van der Waals surface area contributed by atoms with Crippen molar-refractivity contribution in [2.45, 2.75) is 19.4 Å². The number of rotatable bonds is 5. The van der Waals surface area contributed by atoms with Crippen LogP contribution >= 0.6 is 0 Å². The fourth-order valence-electron chi connectivity index (χ4n) is 5.38. The van der Waals surface area contributed by atoms with Gasteiger partial charge in [-0.2, -0.15) is 10.2 Å². The van der Waals surface area contributed by atoms with Gasteiger partial charge in [0.1, 0.15) is 5.52 Å². The Balaban J connectivity index is 1.20. The highest BCUT2D eigenvalue weighted by atomic mass is 16.2. The number of nitrogens with one attached hydrogen (secondary N) is 2. The Kier molecular flexibility index (Phi) is 5.93. The summed E-state index contributed by atoms with van der Waals surface area (Å²) < 4.78 is 0.848. The van der Waals surface area contributed by atoms with Gasteiger partial charge in [-0.1, -0.05) is 84.4 Å². The Bertz CT molecular complexity index is 2070. The highest BCUT2D eigenvalue weighted by Crippen LogP contribution is 2.36. The zero-order valence-electron chi connectivity index (χ0n) is 22.3. The van der Waals surface area contributed by atoms with E-state index in [1.807, 2.05) is 85.8 Å². The molecule has 0 spiro atoms. The molecule has 0 bridgehead atoms. The van der Waals surface area contributed by atoms with E-state index in [9.17, 15) is 9.59 Å². The Hall–Kier alpha value is -5.50. The number of hydrogen-bond acceptors (Lipinski definition) is 5. The van der Waals surface area contributed by atoms with Crippen molar-refractivity contribution in [1.29, 1.82) is 0 Å². The van der Waals surface area contributed by atoms with E-state index in [4.69, 9.17) is 5.10 Å². The van der Waals surface area contributed by atoms with Crippen LogP contribution in [0.3, 0.4) is 0 Å². The third-order valence-corrected chi connectivity index (χ3v) is 7.47. The SMILES string of the molecule is Cc1ccc2[nH]c3c(=O)n(N=Cc4ccc(N5N=C(c6ccccc6)CC5c5ccccc5)cc4)c(=O)[nH]c3c2c1. The fraction of sp³-hybridized carbons (Fsp3) is 0.0909. The number of hydrogen-bond donors (Lipinski definition) is 2. The highest BCUT2D eigenvalue weighted by molar-refractivity contribution is 6.05. The minimum absolute atomic E-state index is 0.0647. The van der Waals surface area contributed by atoms with Gasteiger partial charge in [-0.05, 0) is 47.9 Å². The van der Waals surface area contributed by atoms with Crippen molar-refractivity contribution in [2.75, 3.05) is 5.01 Å². The molecule has 6 aromatic rings. The van der Waals surface area contributed by atoms with Crippen LogP contribution in [-0.4, -0.2) is 26.6 Å². The van der Waals surface area contributed by atoms with Crippen LogP contribution in [0.15, 0.2) is 123 Å². The molecule has 0 fully saturated rings. The number of anilines is 1. The molecule has 4 aromatic carbocycles. The quantitative estimate of drug-likeness (QED) is 0.275. The molecule has 1 aliphatic rings. The average molecular weight is 539 g/mol. The van der Waals surface area contributed by atoms with Crippen LogP contribution in [0.1, 0.15) is 34.7 Å². The number of aryl methyl sites for hydroxylation is 1. The van der Waals surface area contributed by atoms with E-state index < -0.39 is 11.2 Å². The van der Waals surface area contributed by atoms with Gasteiger partial charge < -0.3 is 9.97 Å². The normalized spacial score (nSPS) is 15.3. The molecule has 1 unspecified atom stereocenters. The lowest BCUT2D eigenvalue weighted by molar-refractivity contribution is 0.709. The van der Waals surface area contributed by atoms with Crippen LogP contribution in [0.4, 0.5) is 5.69 Å². The minimum Gasteiger partial charge on any atom is -0.349 e.